The first-order valence-electron chi connectivity index (χ1n) is 6.13. The van der Waals surface area contributed by atoms with Gasteiger partial charge in [0, 0.05) is 0 Å². The molecule has 0 fully saturated rings. The predicted octanol–water partition coefficient (Wildman–Crippen LogP) is 2.62. The monoisotopic (exact) mass is 383 g/mol. The van der Waals surface area contributed by atoms with Crippen LogP contribution in [-0.2, 0) is 0 Å². The Kier molecular flexibility index (Phi) is 3.78. The number of urea groups is 1. The van der Waals surface area contributed by atoms with Gasteiger partial charge in [0.15, 0.2) is 27.5 Å². The Bertz CT molecular complexity index is 914. The summed E-state index contributed by atoms with van der Waals surface area (Å²) < 4.78 is 27.8. The van der Waals surface area contributed by atoms with Gasteiger partial charge in [-0.15, -0.1) is 0 Å². The number of hydrogen-bond donors (Lipinski definition) is 4. The molecule has 3 rings (SSSR count). The number of imidazole rings is 1. The fourth-order valence-corrected chi connectivity index (χ4v) is 2.19. The molecule has 23 heavy (non-hydrogen) atoms. The molecule has 0 saturated carbocycles. The van der Waals surface area contributed by atoms with E-state index in [9.17, 15) is 13.6 Å². The summed E-state index contributed by atoms with van der Waals surface area (Å²) >= 11 is 3.13. The zero-order chi connectivity index (χ0) is 16.6. The molecule has 0 saturated heterocycles. The smallest absolute Gasteiger partial charge is 0.325 e. The number of nitrogens with one attached hydrogen (secondary N) is 3. The number of halogens is 3. The second-order valence-electron chi connectivity index (χ2n) is 4.35. The van der Waals surface area contributed by atoms with Crippen LogP contribution in [0.3, 0.4) is 0 Å². The van der Waals surface area contributed by atoms with Crippen LogP contribution in [-0.4, -0.2) is 26.0 Å². The van der Waals surface area contributed by atoms with Gasteiger partial charge in [-0.05, 0) is 28.1 Å². The van der Waals surface area contributed by atoms with Gasteiger partial charge in [-0.2, -0.15) is 0 Å². The maximum Gasteiger partial charge on any atom is 0.325 e. The summed E-state index contributed by atoms with van der Waals surface area (Å²) in [5.74, 6) is -1.95. The molecule has 0 unspecified atom stereocenters. The van der Waals surface area contributed by atoms with Crippen LogP contribution in [0.15, 0.2) is 23.2 Å². The standard InChI is InChI=1S/C12H8BrF2N7O/c13-11-19-8-9(21-11)17-3-18-10(8)22-12(23)20-7-4(14)1-2-5(16)6(7)15/h1-3H,16H2,(H3,17,18,19,20,21,22,23). The number of nitrogens with two attached hydrogens (primary N) is 1. The lowest BCUT2D eigenvalue weighted by Gasteiger charge is -2.10. The van der Waals surface area contributed by atoms with Crippen molar-refractivity contribution in [3.8, 4) is 0 Å². The number of benzene rings is 1. The van der Waals surface area contributed by atoms with E-state index in [1.807, 2.05) is 5.32 Å². The second kappa shape index (κ2) is 5.76. The van der Waals surface area contributed by atoms with Crippen LogP contribution in [0.2, 0.25) is 0 Å². The molecule has 5 N–H and O–H groups in total. The lowest BCUT2D eigenvalue weighted by Crippen LogP contribution is -2.22. The first kappa shape index (κ1) is 15.1. The molecule has 0 aliphatic rings. The Labute approximate surface area is 135 Å². The summed E-state index contributed by atoms with van der Waals surface area (Å²) in [6, 6.07) is 1.09. The number of nitrogen functional groups attached to an aromatic ring is 1. The average molecular weight is 384 g/mol. The summed E-state index contributed by atoms with van der Waals surface area (Å²) in [4.78, 5) is 26.6. The fraction of sp³-hybridized carbons (Fsp3) is 0. The third kappa shape index (κ3) is 2.90. The number of aromatic amines is 1. The van der Waals surface area contributed by atoms with E-state index in [-0.39, 0.29) is 17.0 Å². The van der Waals surface area contributed by atoms with E-state index in [0.717, 1.165) is 12.1 Å². The topological polar surface area (TPSA) is 122 Å². The zero-order valence-electron chi connectivity index (χ0n) is 11.2. The summed E-state index contributed by atoms with van der Waals surface area (Å²) in [5, 5.41) is 4.39. The van der Waals surface area contributed by atoms with Gasteiger partial charge in [0.2, 0.25) is 0 Å². The largest absolute Gasteiger partial charge is 0.396 e. The van der Waals surface area contributed by atoms with Crippen LogP contribution in [0.5, 0.6) is 0 Å². The SMILES string of the molecule is Nc1ccc(F)c(NC(=O)Nc2ncnc3[nH]c(Br)nc23)c1F. The number of aromatic nitrogens is 4. The van der Waals surface area contributed by atoms with Crippen LogP contribution < -0.4 is 16.4 Å². The first-order valence-corrected chi connectivity index (χ1v) is 6.92. The van der Waals surface area contributed by atoms with Gasteiger partial charge in [0.25, 0.3) is 0 Å². The van der Waals surface area contributed by atoms with Crippen LogP contribution in [0.4, 0.5) is 30.8 Å². The number of fused-ring (bicyclic) bond motifs is 1. The Hall–Kier alpha value is -2.82. The lowest BCUT2D eigenvalue weighted by molar-refractivity contribution is 0.262. The van der Waals surface area contributed by atoms with Crippen molar-refractivity contribution in [2.45, 2.75) is 0 Å². The van der Waals surface area contributed by atoms with Crippen molar-refractivity contribution >= 4 is 50.3 Å². The highest BCUT2D eigenvalue weighted by Crippen LogP contribution is 2.24. The van der Waals surface area contributed by atoms with E-state index < -0.39 is 23.4 Å². The summed E-state index contributed by atoms with van der Waals surface area (Å²) in [5.41, 5.74) is 5.05. The molecule has 0 aliphatic carbocycles. The van der Waals surface area contributed by atoms with Crippen LogP contribution in [0, 0.1) is 11.6 Å². The molecule has 1 aromatic carbocycles. The maximum atomic E-state index is 13.8. The predicted molar refractivity (Wildman–Crippen MR) is 82.8 cm³/mol. The molecule has 2 heterocycles. The summed E-state index contributed by atoms with van der Waals surface area (Å²) in [7, 11) is 0. The van der Waals surface area contributed by atoms with Gasteiger partial charge in [0.05, 0.1) is 5.69 Å². The minimum absolute atomic E-state index is 0.0687. The number of hydrogen-bond acceptors (Lipinski definition) is 5. The molecular weight excluding hydrogens is 376 g/mol. The minimum atomic E-state index is -1.06. The fourth-order valence-electron chi connectivity index (χ4n) is 1.83. The normalized spacial score (nSPS) is 10.7. The molecule has 0 aliphatic heterocycles. The molecule has 11 heteroatoms. The molecule has 0 radical (unpaired) electrons. The number of nitrogens with zero attached hydrogens (tertiary/aromatic N) is 3. The van der Waals surface area contributed by atoms with Crippen LogP contribution in [0.25, 0.3) is 11.2 Å². The number of carbonyl (C=O) groups is 1. The van der Waals surface area contributed by atoms with Crippen LogP contribution in [0.1, 0.15) is 0 Å². The number of carbonyl (C=O) groups excluding carboxylic acids is 1. The number of H-pyrrole nitrogens is 1. The number of amides is 2. The minimum Gasteiger partial charge on any atom is -0.396 e. The highest BCUT2D eigenvalue weighted by atomic mass is 79.9. The van der Waals surface area contributed by atoms with Gasteiger partial charge in [-0.3, -0.25) is 5.32 Å². The van der Waals surface area contributed by atoms with Gasteiger partial charge in [-0.25, -0.2) is 28.5 Å². The Balaban J connectivity index is 1.86. The van der Waals surface area contributed by atoms with Crippen molar-refractivity contribution in [1.82, 2.24) is 19.9 Å². The maximum absolute atomic E-state index is 13.8. The van der Waals surface area contributed by atoms with Gasteiger partial charge in [0.1, 0.15) is 17.8 Å². The molecule has 118 valence electrons. The number of anilines is 3. The summed E-state index contributed by atoms with van der Waals surface area (Å²) in [6.45, 7) is 0. The molecule has 0 spiro atoms. The van der Waals surface area contributed by atoms with Crippen molar-refractivity contribution in [2.24, 2.45) is 0 Å². The van der Waals surface area contributed by atoms with E-state index in [1.165, 1.54) is 6.33 Å². The number of rotatable bonds is 2. The molecular formula is C12H8BrF2N7O. The molecule has 0 atom stereocenters. The quantitative estimate of drug-likeness (QED) is 0.400. The Morgan fingerprint density at radius 3 is 2.83 bits per heavy atom. The van der Waals surface area contributed by atoms with Crippen molar-refractivity contribution < 1.29 is 13.6 Å². The van der Waals surface area contributed by atoms with E-state index in [2.05, 4.69) is 41.2 Å². The lowest BCUT2D eigenvalue weighted by atomic mass is 10.2. The van der Waals surface area contributed by atoms with Crippen molar-refractivity contribution in [1.29, 1.82) is 0 Å². The molecule has 8 nitrogen and oxygen atoms in total. The third-order valence-electron chi connectivity index (χ3n) is 2.85. The van der Waals surface area contributed by atoms with E-state index >= 15 is 0 Å². The van der Waals surface area contributed by atoms with Crippen molar-refractivity contribution in [3.63, 3.8) is 0 Å². The molecule has 3 aromatic rings. The second-order valence-corrected chi connectivity index (χ2v) is 5.10. The van der Waals surface area contributed by atoms with Crippen molar-refractivity contribution in [2.75, 3.05) is 16.4 Å². The zero-order valence-corrected chi connectivity index (χ0v) is 12.8. The Morgan fingerprint density at radius 1 is 1.26 bits per heavy atom. The molecule has 0 bridgehead atoms. The van der Waals surface area contributed by atoms with E-state index in [0.29, 0.717) is 10.4 Å². The van der Waals surface area contributed by atoms with Gasteiger partial charge >= 0.3 is 6.03 Å². The average Bonchev–Trinajstić information content (AvgIpc) is 2.89. The van der Waals surface area contributed by atoms with Crippen molar-refractivity contribution in [3.05, 3.63) is 34.8 Å². The van der Waals surface area contributed by atoms with E-state index in [1.54, 1.807) is 0 Å². The highest BCUT2D eigenvalue weighted by Gasteiger charge is 2.17. The van der Waals surface area contributed by atoms with Crippen LogP contribution >= 0.6 is 15.9 Å². The molecule has 2 aromatic heterocycles. The Morgan fingerprint density at radius 2 is 2.04 bits per heavy atom. The van der Waals surface area contributed by atoms with Gasteiger partial charge in [-0.1, -0.05) is 0 Å². The first-order chi connectivity index (χ1) is 11.0. The van der Waals surface area contributed by atoms with E-state index in [4.69, 9.17) is 5.73 Å². The highest BCUT2D eigenvalue weighted by molar-refractivity contribution is 9.10. The summed E-state index contributed by atoms with van der Waals surface area (Å²) in [6.07, 6.45) is 1.20. The third-order valence-corrected chi connectivity index (χ3v) is 3.22. The van der Waals surface area contributed by atoms with Gasteiger partial charge < -0.3 is 16.0 Å². The molecule has 2 amide bonds.